The topological polar surface area (TPSA) is 87.7 Å². The molecule has 7 nitrogen and oxygen atoms in total. The van der Waals surface area contributed by atoms with Gasteiger partial charge in [0.05, 0.1) is 11.5 Å². The highest BCUT2D eigenvalue weighted by molar-refractivity contribution is 7.89. The van der Waals surface area contributed by atoms with Gasteiger partial charge in [-0.2, -0.15) is 4.31 Å². The smallest absolute Gasteiger partial charge is 0.257 e. The number of hydrogen-bond donors (Lipinski definition) is 2. The molecule has 0 bridgehead atoms. The van der Waals surface area contributed by atoms with Crippen molar-refractivity contribution in [2.45, 2.75) is 17.9 Å². The van der Waals surface area contributed by atoms with Crippen LogP contribution in [-0.4, -0.2) is 37.4 Å². The van der Waals surface area contributed by atoms with Gasteiger partial charge < -0.3 is 10.1 Å². The second kappa shape index (κ2) is 13.1. The van der Waals surface area contributed by atoms with E-state index in [2.05, 4.69) is 22.8 Å². The van der Waals surface area contributed by atoms with Crippen molar-refractivity contribution in [2.75, 3.05) is 19.0 Å². The lowest BCUT2D eigenvalue weighted by molar-refractivity contribution is 0.0977. The Morgan fingerprint density at radius 3 is 2.03 bits per heavy atom. The Morgan fingerprint density at radius 2 is 1.41 bits per heavy atom. The number of nitrogens with zero attached hydrogens (tertiary/aromatic N) is 1. The predicted octanol–water partition coefficient (Wildman–Crippen LogP) is 5.26. The van der Waals surface area contributed by atoms with Crippen LogP contribution >= 0.6 is 12.2 Å². The van der Waals surface area contributed by atoms with Gasteiger partial charge in [0.25, 0.3) is 5.91 Å². The lowest BCUT2D eigenvalue weighted by Gasteiger charge is -2.17. The van der Waals surface area contributed by atoms with Crippen molar-refractivity contribution in [2.24, 2.45) is 0 Å². The molecule has 0 spiro atoms. The second-order valence-corrected chi connectivity index (χ2v) is 11.2. The first-order valence-electron chi connectivity index (χ1n) is 12.3. The van der Waals surface area contributed by atoms with Gasteiger partial charge >= 0.3 is 0 Å². The fourth-order valence-electron chi connectivity index (χ4n) is 3.79. The van der Waals surface area contributed by atoms with Gasteiger partial charge in [0, 0.05) is 31.3 Å². The average molecular weight is 560 g/mol. The summed E-state index contributed by atoms with van der Waals surface area (Å²) in [5.41, 5.74) is 3.07. The Morgan fingerprint density at radius 1 is 0.821 bits per heavy atom. The number of nitrogens with one attached hydrogen (secondary N) is 2. The Labute approximate surface area is 234 Å². The first kappa shape index (κ1) is 28.0. The molecule has 0 aliphatic carbocycles. The number of thiocarbonyl (C=S) groups is 1. The van der Waals surface area contributed by atoms with Crippen molar-refractivity contribution in [3.8, 4) is 5.75 Å². The monoisotopic (exact) mass is 559 g/mol. The number of hydrogen-bond acceptors (Lipinski definition) is 5. The zero-order valence-electron chi connectivity index (χ0n) is 21.4. The van der Waals surface area contributed by atoms with Crippen LogP contribution in [0, 0.1) is 0 Å². The molecule has 9 heteroatoms. The summed E-state index contributed by atoms with van der Waals surface area (Å²) in [5.74, 6) is 0.303. The number of amides is 1. The first-order chi connectivity index (χ1) is 18.8. The number of benzene rings is 4. The van der Waals surface area contributed by atoms with E-state index in [1.165, 1.54) is 22.0 Å². The van der Waals surface area contributed by atoms with Crippen LogP contribution in [0.3, 0.4) is 0 Å². The van der Waals surface area contributed by atoms with E-state index in [-0.39, 0.29) is 22.5 Å². The number of sulfonamides is 1. The van der Waals surface area contributed by atoms with Crippen LogP contribution in [0.15, 0.2) is 114 Å². The Bertz CT molecular complexity index is 1490. The minimum absolute atomic E-state index is 0.0972. The number of carbonyl (C=O) groups is 1. The van der Waals surface area contributed by atoms with Crippen molar-refractivity contribution in [1.82, 2.24) is 9.62 Å². The van der Waals surface area contributed by atoms with Crippen molar-refractivity contribution < 1.29 is 17.9 Å². The van der Waals surface area contributed by atoms with Crippen LogP contribution in [0.4, 0.5) is 5.69 Å². The third-order valence-electron chi connectivity index (χ3n) is 5.91. The van der Waals surface area contributed by atoms with Gasteiger partial charge in [0.1, 0.15) is 5.75 Å². The Kier molecular flexibility index (Phi) is 9.43. The SMILES string of the molecule is CN(Cc1ccccc1)S(=O)(=O)c1ccc(NC(=S)NC(=O)c2ccc(OCCc3ccccc3)cc2)cc1. The van der Waals surface area contributed by atoms with Crippen LogP contribution in [0.25, 0.3) is 0 Å². The molecule has 200 valence electrons. The van der Waals surface area contributed by atoms with E-state index in [1.54, 1.807) is 43.4 Å². The third-order valence-corrected chi connectivity index (χ3v) is 7.94. The van der Waals surface area contributed by atoms with E-state index >= 15 is 0 Å². The van der Waals surface area contributed by atoms with Gasteiger partial charge in [-0.1, -0.05) is 60.7 Å². The molecule has 0 fully saturated rings. The molecule has 0 atom stereocenters. The summed E-state index contributed by atoms with van der Waals surface area (Å²) in [5, 5.41) is 5.64. The molecule has 0 saturated carbocycles. The maximum absolute atomic E-state index is 12.9. The molecular weight excluding hydrogens is 530 g/mol. The molecule has 2 N–H and O–H groups in total. The first-order valence-corrected chi connectivity index (χ1v) is 14.2. The largest absolute Gasteiger partial charge is 0.493 e. The van der Waals surface area contributed by atoms with Crippen molar-refractivity contribution in [1.29, 1.82) is 0 Å². The molecule has 4 rings (SSSR count). The van der Waals surface area contributed by atoms with E-state index in [4.69, 9.17) is 17.0 Å². The highest BCUT2D eigenvalue weighted by atomic mass is 32.2. The molecule has 0 heterocycles. The molecule has 0 unspecified atom stereocenters. The highest BCUT2D eigenvalue weighted by Crippen LogP contribution is 2.19. The van der Waals surface area contributed by atoms with Crippen molar-refractivity contribution >= 4 is 38.9 Å². The van der Waals surface area contributed by atoms with E-state index in [9.17, 15) is 13.2 Å². The van der Waals surface area contributed by atoms with Crippen LogP contribution in [0.2, 0.25) is 0 Å². The highest BCUT2D eigenvalue weighted by Gasteiger charge is 2.21. The van der Waals surface area contributed by atoms with Gasteiger partial charge in [-0.05, 0) is 71.9 Å². The second-order valence-electron chi connectivity index (χ2n) is 8.79. The maximum atomic E-state index is 12.9. The van der Waals surface area contributed by atoms with Crippen LogP contribution in [0.1, 0.15) is 21.5 Å². The number of ether oxygens (including phenoxy) is 1. The molecule has 4 aromatic rings. The number of rotatable bonds is 10. The van der Waals surface area contributed by atoms with Crippen LogP contribution in [-0.2, 0) is 23.0 Å². The molecular formula is C30H29N3O4S2. The average Bonchev–Trinajstić information content (AvgIpc) is 2.95. The lowest BCUT2D eigenvalue weighted by Crippen LogP contribution is -2.34. The Hall–Kier alpha value is -4.05. The molecule has 39 heavy (non-hydrogen) atoms. The molecule has 0 aliphatic rings. The van der Waals surface area contributed by atoms with Gasteiger partial charge in [0.2, 0.25) is 10.0 Å². The summed E-state index contributed by atoms with van der Waals surface area (Å²) in [6.45, 7) is 0.799. The summed E-state index contributed by atoms with van der Waals surface area (Å²) >= 11 is 5.27. The summed E-state index contributed by atoms with van der Waals surface area (Å²) < 4.78 is 32.9. The van der Waals surface area contributed by atoms with Crippen molar-refractivity contribution in [3.63, 3.8) is 0 Å². The van der Waals surface area contributed by atoms with Gasteiger partial charge in [-0.3, -0.25) is 10.1 Å². The standard InChI is InChI=1S/C30H29N3O4S2/c1-33(22-24-10-6-3-7-11-24)39(35,36)28-18-14-26(15-19-28)31-30(38)32-29(34)25-12-16-27(17-13-25)37-21-20-23-8-4-2-5-9-23/h2-19H,20-22H2,1H3,(H2,31,32,34,38). The molecule has 0 aromatic heterocycles. The minimum atomic E-state index is -3.67. The molecule has 0 saturated heterocycles. The van der Waals surface area contributed by atoms with E-state index in [0.717, 1.165) is 12.0 Å². The Balaban J connectivity index is 1.26. The summed E-state index contributed by atoms with van der Waals surface area (Å²) in [4.78, 5) is 12.8. The number of anilines is 1. The van der Waals surface area contributed by atoms with Crippen LogP contribution in [0.5, 0.6) is 5.75 Å². The molecule has 4 aromatic carbocycles. The molecule has 0 aliphatic heterocycles. The third kappa shape index (κ3) is 7.97. The van der Waals surface area contributed by atoms with E-state index in [1.807, 2.05) is 48.5 Å². The fraction of sp³-hybridized carbons (Fsp3) is 0.133. The summed E-state index contributed by atoms with van der Waals surface area (Å²) in [6.07, 6.45) is 0.792. The fourth-order valence-corrected chi connectivity index (χ4v) is 5.16. The molecule has 1 amide bonds. The number of carbonyl (C=O) groups excluding carboxylic acids is 1. The van der Waals surface area contributed by atoms with Gasteiger partial charge in [-0.15, -0.1) is 0 Å². The predicted molar refractivity (Wildman–Crippen MR) is 157 cm³/mol. The van der Waals surface area contributed by atoms with Crippen molar-refractivity contribution in [3.05, 3.63) is 126 Å². The summed E-state index contributed by atoms with van der Waals surface area (Å²) in [6, 6.07) is 32.5. The van der Waals surface area contributed by atoms with Gasteiger partial charge in [0.15, 0.2) is 5.11 Å². The van der Waals surface area contributed by atoms with E-state index < -0.39 is 10.0 Å². The molecule has 0 radical (unpaired) electrons. The zero-order valence-corrected chi connectivity index (χ0v) is 23.0. The van der Waals surface area contributed by atoms with Crippen LogP contribution < -0.4 is 15.4 Å². The van der Waals surface area contributed by atoms with Gasteiger partial charge in [-0.25, -0.2) is 8.42 Å². The maximum Gasteiger partial charge on any atom is 0.257 e. The summed E-state index contributed by atoms with van der Waals surface area (Å²) in [7, 11) is -2.12. The lowest BCUT2D eigenvalue weighted by atomic mass is 10.2. The van der Waals surface area contributed by atoms with E-state index in [0.29, 0.717) is 23.6 Å². The minimum Gasteiger partial charge on any atom is -0.493 e. The zero-order chi connectivity index (χ0) is 27.7. The quantitative estimate of drug-likeness (QED) is 0.258. The normalized spacial score (nSPS) is 11.1.